The number of rotatable bonds is 5. The van der Waals surface area contributed by atoms with Crippen molar-refractivity contribution in [1.82, 2.24) is 9.46 Å². The highest BCUT2D eigenvalue weighted by atomic mass is 79.9. The molecule has 0 spiro atoms. The second kappa shape index (κ2) is 6.26. The van der Waals surface area contributed by atoms with Crippen LogP contribution in [0.3, 0.4) is 0 Å². The van der Waals surface area contributed by atoms with Crippen molar-refractivity contribution in [3.63, 3.8) is 0 Å². The number of nitrogens with one attached hydrogen (secondary N) is 1. The summed E-state index contributed by atoms with van der Waals surface area (Å²) in [7, 11) is -2.37. The Bertz CT molecular complexity index is 753. The van der Waals surface area contributed by atoms with Gasteiger partial charge in [-0.25, -0.2) is 8.42 Å². The smallest absolute Gasteiger partial charge is 0.253 e. The van der Waals surface area contributed by atoms with Gasteiger partial charge < -0.3 is 9.84 Å². The molecule has 0 atom stereocenters. The maximum atomic E-state index is 12.3. The number of anilines is 1. The standard InChI is InChI=1S/C11H12BrN3O4S2/c1-7-5-9(14-19-7)13-10(16)6-15(2)21(17,18)11-8(12)3-4-20-11/h3-5H,6H2,1-2H3,(H,13,14,16). The van der Waals surface area contributed by atoms with E-state index < -0.39 is 15.9 Å². The first kappa shape index (κ1) is 16.1. The van der Waals surface area contributed by atoms with E-state index in [0.717, 1.165) is 15.6 Å². The number of hydrogen-bond acceptors (Lipinski definition) is 6. The SMILES string of the molecule is Cc1cc(NC(=O)CN(C)S(=O)(=O)c2sccc2Br)no1. The number of sulfonamides is 1. The van der Waals surface area contributed by atoms with E-state index in [-0.39, 0.29) is 16.6 Å². The summed E-state index contributed by atoms with van der Waals surface area (Å²) in [4.78, 5) is 11.8. The highest BCUT2D eigenvalue weighted by Gasteiger charge is 2.26. The summed E-state index contributed by atoms with van der Waals surface area (Å²) in [5.41, 5.74) is 0. The minimum absolute atomic E-state index is 0.162. The average molecular weight is 394 g/mol. The van der Waals surface area contributed by atoms with Crippen LogP contribution in [0.25, 0.3) is 0 Å². The van der Waals surface area contributed by atoms with Gasteiger partial charge >= 0.3 is 0 Å². The van der Waals surface area contributed by atoms with E-state index in [1.54, 1.807) is 24.4 Å². The van der Waals surface area contributed by atoms with Gasteiger partial charge in [0, 0.05) is 17.6 Å². The molecule has 0 radical (unpaired) electrons. The third-order valence-corrected chi connectivity index (χ3v) is 6.94. The molecular weight excluding hydrogens is 382 g/mol. The van der Waals surface area contributed by atoms with Gasteiger partial charge in [-0.3, -0.25) is 4.79 Å². The molecule has 0 aromatic carbocycles. The lowest BCUT2D eigenvalue weighted by molar-refractivity contribution is -0.116. The normalized spacial score (nSPS) is 11.8. The minimum atomic E-state index is -3.71. The van der Waals surface area contributed by atoms with Crippen LogP contribution in [0.2, 0.25) is 0 Å². The molecule has 1 amide bonds. The fraction of sp³-hybridized carbons (Fsp3) is 0.273. The Morgan fingerprint density at radius 1 is 1.57 bits per heavy atom. The van der Waals surface area contributed by atoms with Crippen LogP contribution < -0.4 is 5.32 Å². The fourth-order valence-corrected chi connectivity index (χ4v) is 5.13. The number of hydrogen-bond donors (Lipinski definition) is 1. The molecular formula is C11H12BrN3O4S2. The molecule has 0 aliphatic carbocycles. The molecule has 2 aromatic rings. The van der Waals surface area contributed by atoms with E-state index in [1.807, 2.05) is 0 Å². The molecule has 21 heavy (non-hydrogen) atoms. The summed E-state index contributed by atoms with van der Waals surface area (Å²) in [5.74, 6) is 0.302. The minimum Gasteiger partial charge on any atom is -0.360 e. The number of halogens is 1. The highest BCUT2D eigenvalue weighted by Crippen LogP contribution is 2.29. The van der Waals surface area contributed by atoms with Gasteiger partial charge in [-0.1, -0.05) is 5.16 Å². The van der Waals surface area contributed by atoms with E-state index in [0.29, 0.717) is 10.2 Å². The molecule has 2 heterocycles. The van der Waals surface area contributed by atoms with Crippen molar-refractivity contribution >= 4 is 49.0 Å². The Labute approximate surface area is 134 Å². The van der Waals surface area contributed by atoms with Gasteiger partial charge in [0.15, 0.2) is 5.82 Å². The van der Waals surface area contributed by atoms with E-state index in [2.05, 4.69) is 26.4 Å². The number of amides is 1. The molecule has 2 rings (SSSR count). The summed E-state index contributed by atoms with van der Waals surface area (Å²) < 4.78 is 31.0. The summed E-state index contributed by atoms with van der Waals surface area (Å²) in [6, 6.07) is 3.19. The summed E-state index contributed by atoms with van der Waals surface area (Å²) in [5, 5.41) is 7.73. The zero-order chi connectivity index (χ0) is 15.6. The zero-order valence-corrected chi connectivity index (χ0v) is 14.4. The van der Waals surface area contributed by atoms with E-state index >= 15 is 0 Å². The first-order valence-corrected chi connectivity index (χ1v) is 8.84. The topological polar surface area (TPSA) is 92.5 Å². The number of carbonyl (C=O) groups is 1. The van der Waals surface area contributed by atoms with Crippen LogP contribution in [-0.2, 0) is 14.8 Å². The number of aryl methyl sites for hydroxylation is 1. The highest BCUT2D eigenvalue weighted by molar-refractivity contribution is 9.10. The third kappa shape index (κ3) is 3.70. The first-order chi connectivity index (χ1) is 9.80. The van der Waals surface area contributed by atoms with Crippen LogP contribution in [0.15, 0.2) is 30.7 Å². The Morgan fingerprint density at radius 3 is 2.81 bits per heavy atom. The van der Waals surface area contributed by atoms with Crippen molar-refractivity contribution in [3.05, 3.63) is 27.7 Å². The second-order valence-electron chi connectivity index (χ2n) is 4.19. The van der Waals surface area contributed by atoms with E-state index in [1.165, 1.54) is 7.05 Å². The molecule has 0 saturated heterocycles. The lowest BCUT2D eigenvalue weighted by atomic mass is 10.5. The number of nitrogens with zero attached hydrogens (tertiary/aromatic N) is 2. The third-order valence-electron chi connectivity index (χ3n) is 2.49. The van der Waals surface area contributed by atoms with Gasteiger partial charge in [-0.15, -0.1) is 11.3 Å². The van der Waals surface area contributed by atoms with Gasteiger partial charge in [-0.05, 0) is 34.3 Å². The predicted molar refractivity (Wildman–Crippen MR) is 81.7 cm³/mol. The summed E-state index contributed by atoms with van der Waals surface area (Å²) >= 11 is 4.26. The van der Waals surface area contributed by atoms with Crippen molar-refractivity contribution in [2.75, 3.05) is 18.9 Å². The predicted octanol–water partition coefficient (Wildman–Crippen LogP) is 2.07. The number of carbonyl (C=O) groups excluding carboxylic acids is 1. The molecule has 0 unspecified atom stereocenters. The van der Waals surface area contributed by atoms with Gasteiger partial charge in [0.1, 0.15) is 9.97 Å². The van der Waals surface area contributed by atoms with Gasteiger partial charge in [0.2, 0.25) is 5.91 Å². The van der Waals surface area contributed by atoms with Crippen molar-refractivity contribution in [1.29, 1.82) is 0 Å². The Balaban J connectivity index is 2.05. The van der Waals surface area contributed by atoms with Gasteiger partial charge in [0.25, 0.3) is 10.0 Å². The average Bonchev–Trinajstić information content (AvgIpc) is 2.98. The molecule has 114 valence electrons. The number of likely N-dealkylation sites (N-methyl/N-ethyl adjacent to an activating group) is 1. The molecule has 0 bridgehead atoms. The Morgan fingerprint density at radius 2 is 2.29 bits per heavy atom. The Hall–Kier alpha value is -1.23. The molecule has 0 fully saturated rings. The molecule has 1 N–H and O–H groups in total. The fourth-order valence-electron chi connectivity index (χ4n) is 1.50. The first-order valence-electron chi connectivity index (χ1n) is 5.73. The van der Waals surface area contributed by atoms with Crippen LogP contribution >= 0.6 is 27.3 Å². The van der Waals surface area contributed by atoms with Crippen molar-refractivity contribution in [3.8, 4) is 0 Å². The van der Waals surface area contributed by atoms with Crippen molar-refractivity contribution < 1.29 is 17.7 Å². The lowest BCUT2D eigenvalue weighted by Gasteiger charge is -2.15. The number of thiophene rings is 1. The molecule has 0 saturated carbocycles. The summed E-state index contributed by atoms with van der Waals surface area (Å²) in [6.45, 7) is 1.37. The molecule has 7 nitrogen and oxygen atoms in total. The van der Waals surface area contributed by atoms with Crippen molar-refractivity contribution in [2.45, 2.75) is 11.1 Å². The number of aromatic nitrogens is 1. The van der Waals surface area contributed by atoms with E-state index in [4.69, 9.17) is 4.52 Å². The van der Waals surface area contributed by atoms with Crippen LogP contribution in [0.4, 0.5) is 5.82 Å². The second-order valence-corrected chi connectivity index (χ2v) is 8.20. The maximum Gasteiger partial charge on any atom is 0.253 e. The van der Waals surface area contributed by atoms with E-state index in [9.17, 15) is 13.2 Å². The summed E-state index contributed by atoms with van der Waals surface area (Å²) in [6.07, 6.45) is 0. The van der Waals surface area contributed by atoms with Crippen molar-refractivity contribution in [2.24, 2.45) is 0 Å². The zero-order valence-electron chi connectivity index (χ0n) is 11.2. The Kier molecular flexibility index (Phi) is 4.81. The maximum absolute atomic E-state index is 12.3. The molecule has 0 aliphatic heterocycles. The van der Waals surface area contributed by atoms with Crippen LogP contribution in [-0.4, -0.2) is 37.4 Å². The quantitative estimate of drug-likeness (QED) is 0.838. The van der Waals surface area contributed by atoms with Gasteiger partial charge in [-0.2, -0.15) is 4.31 Å². The van der Waals surface area contributed by atoms with Crippen LogP contribution in [0.1, 0.15) is 5.76 Å². The molecule has 0 aliphatic rings. The van der Waals surface area contributed by atoms with Gasteiger partial charge in [0.05, 0.1) is 6.54 Å². The molecule has 10 heteroatoms. The van der Waals surface area contributed by atoms with Crippen LogP contribution in [0, 0.1) is 6.92 Å². The largest absolute Gasteiger partial charge is 0.360 e. The monoisotopic (exact) mass is 393 g/mol. The lowest BCUT2D eigenvalue weighted by Crippen LogP contribution is -2.34. The van der Waals surface area contributed by atoms with Crippen LogP contribution in [0.5, 0.6) is 0 Å². The molecule has 2 aromatic heterocycles.